The van der Waals surface area contributed by atoms with Crippen molar-refractivity contribution < 1.29 is 4.42 Å². The summed E-state index contributed by atoms with van der Waals surface area (Å²) in [4.78, 5) is 2.27. The molecule has 0 spiro atoms. The highest BCUT2D eigenvalue weighted by molar-refractivity contribution is 5.12. The van der Waals surface area contributed by atoms with E-state index in [9.17, 15) is 0 Å². The van der Waals surface area contributed by atoms with Gasteiger partial charge in [0, 0.05) is 12.1 Å². The molecule has 0 radical (unpaired) electrons. The molecule has 16 heavy (non-hydrogen) atoms. The van der Waals surface area contributed by atoms with E-state index in [1.165, 1.54) is 0 Å². The minimum absolute atomic E-state index is 0.109. The summed E-state index contributed by atoms with van der Waals surface area (Å²) in [5.74, 6) is 1.92. The molecule has 0 aliphatic carbocycles. The lowest BCUT2D eigenvalue weighted by Gasteiger charge is -2.33. The molecular weight excluding hydrogens is 200 g/mol. The first-order valence-corrected chi connectivity index (χ1v) is 6.01. The molecule has 0 aliphatic heterocycles. The number of likely N-dealkylation sites (N-methyl/N-ethyl adjacent to an activating group) is 1. The number of nitrogens with zero attached hydrogens (tertiary/aromatic N) is 1. The Labute approximate surface area is 98.6 Å². The molecule has 2 N–H and O–H groups in total. The van der Waals surface area contributed by atoms with Crippen LogP contribution in [0.5, 0.6) is 0 Å². The second-order valence-electron chi connectivity index (χ2n) is 4.72. The van der Waals surface area contributed by atoms with Crippen molar-refractivity contribution in [3.8, 4) is 0 Å². The largest absolute Gasteiger partial charge is 0.465 e. The first kappa shape index (κ1) is 13.3. The normalized spacial score (nSPS) is 15.8. The first-order valence-electron chi connectivity index (χ1n) is 6.01. The lowest BCUT2D eigenvalue weighted by Crippen LogP contribution is -2.41. The zero-order valence-corrected chi connectivity index (χ0v) is 11.0. The molecule has 0 fully saturated rings. The fourth-order valence-corrected chi connectivity index (χ4v) is 1.87. The summed E-state index contributed by atoms with van der Waals surface area (Å²) < 4.78 is 5.72. The Morgan fingerprint density at radius 3 is 2.38 bits per heavy atom. The van der Waals surface area contributed by atoms with Crippen molar-refractivity contribution >= 4 is 0 Å². The van der Waals surface area contributed by atoms with Crippen molar-refractivity contribution in [3.63, 3.8) is 0 Å². The molecule has 1 rings (SSSR count). The number of furan rings is 1. The van der Waals surface area contributed by atoms with Gasteiger partial charge in [0.25, 0.3) is 0 Å². The monoisotopic (exact) mass is 224 g/mol. The topological polar surface area (TPSA) is 42.4 Å². The van der Waals surface area contributed by atoms with Crippen LogP contribution < -0.4 is 5.73 Å². The number of nitrogens with two attached hydrogens (primary N) is 1. The summed E-state index contributed by atoms with van der Waals surface area (Å²) in [6, 6.07) is 4.76. The zero-order valence-electron chi connectivity index (χ0n) is 11.0. The maximum absolute atomic E-state index is 6.20. The van der Waals surface area contributed by atoms with Crippen molar-refractivity contribution in [1.29, 1.82) is 0 Å². The summed E-state index contributed by atoms with van der Waals surface area (Å²) >= 11 is 0. The van der Waals surface area contributed by atoms with Gasteiger partial charge >= 0.3 is 0 Å². The van der Waals surface area contributed by atoms with Gasteiger partial charge in [0.15, 0.2) is 0 Å². The van der Waals surface area contributed by atoms with Crippen molar-refractivity contribution in [2.75, 3.05) is 7.05 Å². The van der Waals surface area contributed by atoms with Crippen LogP contribution in [0, 0.1) is 6.92 Å². The molecule has 2 atom stereocenters. The fourth-order valence-electron chi connectivity index (χ4n) is 1.87. The SMILES string of the molecule is CCC(N)C(c1ccc(C)o1)N(C)C(C)C. The molecule has 0 saturated heterocycles. The molecule has 0 saturated carbocycles. The Kier molecular flexibility index (Phi) is 4.56. The minimum atomic E-state index is 0.109. The van der Waals surface area contributed by atoms with Gasteiger partial charge in [-0.3, -0.25) is 4.90 Å². The van der Waals surface area contributed by atoms with Gasteiger partial charge in [-0.05, 0) is 46.4 Å². The maximum atomic E-state index is 6.20. The highest BCUT2D eigenvalue weighted by Gasteiger charge is 2.27. The third kappa shape index (κ3) is 2.86. The summed E-state index contributed by atoms with van der Waals surface area (Å²) in [6.07, 6.45) is 0.946. The van der Waals surface area contributed by atoms with Crippen molar-refractivity contribution in [1.82, 2.24) is 4.90 Å². The zero-order chi connectivity index (χ0) is 12.3. The molecule has 92 valence electrons. The predicted molar refractivity (Wildman–Crippen MR) is 67.4 cm³/mol. The molecule has 1 aromatic heterocycles. The van der Waals surface area contributed by atoms with Gasteiger partial charge in [0.05, 0.1) is 6.04 Å². The van der Waals surface area contributed by atoms with Gasteiger partial charge in [0.2, 0.25) is 0 Å². The second kappa shape index (κ2) is 5.51. The third-order valence-electron chi connectivity index (χ3n) is 3.18. The van der Waals surface area contributed by atoms with E-state index in [2.05, 4.69) is 32.7 Å². The van der Waals surface area contributed by atoms with Crippen LogP contribution in [0.4, 0.5) is 0 Å². The van der Waals surface area contributed by atoms with E-state index in [4.69, 9.17) is 10.2 Å². The summed E-state index contributed by atoms with van der Waals surface area (Å²) in [7, 11) is 2.10. The Morgan fingerprint density at radius 1 is 1.38 bits per heavy atom. The lowest BCUT2D eigenvalue weighted by atomic mass is 10.0. The van der Waals surface area contributed by atoms with Gasteiger partial charge in [0.1, 0.15) is 11.5 Å². The predicted octanol–water partition coefficient (Wildman–Crippen LogP) is 2.71. The summed E-state index contributed by atoms with van der Waals surface area (Å²) in [6.45, 7) is 8.42. The minimum Gasteiger partial charge on any atom is -0.465 e. The molecule has 3 nitrogen and oxygen atoms in total. The molecule has 1 heterocycles. The van der Waals surface area contributed by atoms with Crippen molar-refractivity contribution in [2.45, 2.75) is 52.2 Å². The van der Waals surface area contributed by atoms with Crippen LogP contribution in [0.1, 0.15) is 44.8 Å². The Hall–Kier alpha value is -0.800. The molecule has 3 heteroatoms. The fraction of sp³-hybridized carbons (Fsp3) is 0.692. The highest BCUT2D eigenvalue weighted by Crippen LogP contribution is 2.27. The van der Waals surface area contributed by atoms with Gasteiger partial charge in [-0.1, -0.05) is 6.92 Å². The van der Waals surface area contributed by atoms with E-state index in [1.807, 2.05) is 19.1 Å². The van der Waals surface area contributed by atoms with Gasteiger partial charge in [-0.2, -0.15) is 0 Å². The molecule has 0 aromatic carbocycles. The van der Waals surface area contributed by atoms with Crippen LogP contribution in [-0.2, 0) is 0 Å². The number of hydrogen-bond donors (Lipinski definition) is 1. The van der Waals surface area contributed by atoms with E-state index >= 15 is 0 Å². The molecular formula is C13H24N2O. The van der Waals surface area contributed by atoms with Gasteiger partial charge in [-0.15, -0.1) is 0 Å². The van der Waals surface area contributed by atoms with Crippen molar-refractivity contribution in [3.05, 3.63) is 23.7 Å². The van der Waals surface area contributed by atoms with Crippen LogP contribution in [0.3, 0.4) is 0 Å². The molecule has 0 aliphatic rings. The van der Waals surface area contributed by atoms with Crippen LogP contribution in [0.15, 0.2) is 16.5 Å². The first-order chi connectivity index (χ1) is 7.47. The van der Waals surface area contributed by atoms with E-state index < -0.39 is 0 Å². The van der Waals surface area contributed by atoms with Gasteiger partial charge in [-0.25, -0.2) is 0 Å². The van der Waals surface area contributed by atoms with Gasteiger partial charge < -0.3 is 10.2 Å². The average Bonchev–Trinajstić information content (AvgIpc) is 2.64. The quantitative estimate of drug-likeness (QED) is 0.836. The van der Waals surface area contributed by atoms with Crippen LogP contribution in [0.2, 0.25) is 0 Å². The highest BCUT2D eigenvalue weighted by atomic mass is 16.3. The van der Waals surface area contributed by atoms with Crippen LogP contribution in [-0.4, -0.2) is 24.0 Å². The number of hydrogen-bond acceptors (Lipinski definition) is 3. The molecule has 0 amide bonds. The van der Waals surface area contributed by atoms with E-state index in [0.717, 1.165) is 17.9 Å². The van der Waals surface area contributed by atoms with Crippen LogP contribution in [0.25, 0.3) is 0 Å². The Bertz CT molecular complexity index is 319. The van der Waals surface area contributed by atoms with E-state index in [1.54, 1.807) is 0 Å². The Morgan fingerprint density at radius 2 is 2.00 bits per heavy atom. The Balaban J connectivity index is 2.96. The second-order valence-corrected chi connectivity index (χ2v) is 4.72. The molecule has 0 bridgehead atoms. The number of aryl methyl sites for hydroxylation is 1. The standard InChI is InChI=1S/C13H24N2O/c1-6-11(14)13(15(5)9(2)3)12-8-7-10(4)16-12/h7-9,11,13H,6,14H2,1-5H3. The molecule has 1 aromatic rings. The van der Waals surface area contributed by atoms with E-state index in [0.29, 0.717) is 6.04 Å². The average molecular weight is 224 g/mol. The van der Waals surface area contributed by atoms with Crippen molar-refractivity contribution in [2.24, 2.45) is 5.73 Å². The van der Waals surface area contributed by atoms with E-state index in [-0.39, 0.29) is 12.1 Å². The van der Waals surface area contributed by atoms with Crippen LogP contribution >= 0.6 is 0 Å². The summed E-state index contributed by atoms with van der Waals surface area (Å²) in [5, 5.41) is 0. The maximum Gasteiger partial charge on any atom is 0.122 e. The summed E-state index contributed by atoms with van der Waals surface area (Å²) in [5.41, 5.74) is 6.20. The molecule has 2 unspecified atom stereocenters. The number of rotatable bonds is 5. The lowest BCUT2D eigenvalue weighted by molar-refractivity contribution is 0.146. The smallest absolute Gasteiger partial charge is 0.122 e. The third-order valence-corrected chi connectivity index (χ3v) is 3.18.